The van der Waals surface area contributed by atoms with Crippen molar-refractivity contribution >= 4 is 12.1 Å². The van der Waals surface area contributed by atoms with E-state index in [0.717, 1.165) is 6.42 Å². The predicted octanol–water partition coefficient (Wildman–Crippen LogP) is 1.67. The van der Waals surface area contributed by atoms with E-state index in [1.165, 1.54) is 0 Å². The summed E-state index contributed by atoms with van der Waals surface area (Å²) in [5.41, 5.74) is 4.98. The molecule has 1 aliphatic rings. The summed E-state index contributed by atoms with van der Waals surface area (Å²) < 4.78 is 10.3. The van der Waals surface area contributed by atoms with Crippen LogP contribution in [0.5, 0.6) is 0 Å². The first-order valence-electron chi connectivity index (χ1n) is 7.08. The Morgan fingerprint density at radius 2 is 2.00 bits per heavy atom. The molecule has 6 nitrogen and oxygen atoms in total. The van der Waals surface area contributed by atoms with E-state index >= 15 is 0 Å². The quantitative estimate of drug-likeness (QED) is 0.798. The summed E-state index contributed by atoms with van der Waals surface area (Å²) in [4.78, 5) is 25.2. The Hall–Kier alpha value is -1.30. The summed E-state index contributed by atoms with van der Waals surface area (Å²) >= 11 is 0. The summed E-state index contributed by atoms with van der Waals surface area (Å²) in [6, 6.07) is 0. The van der Waals surface area contributed by atoms with Crippen LogP contribution in [0.2, 0.25) is 0 Å². The van der Waals surface area contributed by atoms with Gasteiger partial charge < -0.3 is 20.1 Å². The van der Waals surface area contributed by atoms with Gasteiger partial charge in [0.2, 0.25) is 0 Å². The molecule has 116 valence electrons. The van der Waals surface area contributed by atoms with Gasteiger partial charge in [0, 0.05) is 18.6 Å². The van der Waals surface area contributed by atoms with Crippen LogP contribution < -0.4 is 5.73 Å². The smallest absolute Gasteiger partial charge is 0.410 e. The van der Waals surface area contributed by atoms with Crippen LogP contribution in [-0.4, -0.2) is 47.8 Å². The van der Waals surface area contributed by atoms with Gasteiger partial charge in [0.25, 0.3) is 0 Å². The van der Waals surface area contributed by atoms with Crippen LogP contribution >= 0.6 is 0 Å². The number of rotatable bonds is 3. The van der Waals surface area contributed by atoms with Gasteiger partial charge in [0.15, 0.2) is 0 Å². The van der Waals surface area contributed by atoms with Gasteiger partial charge in [-0.15, -0.1) is 0 Å². The molecule has 0 bridgehead atoms. The maximum Gasteiger partial charge on any atom is 0.410 e. The lowest BCUT2D eigenvalue weighted by Gasteiger charge is -2.40. The molecule has 0 radical (unpaired) electrons. The zero-order valence-electron chi connectivity index (χ0n) is 12.9. The second-order valence-corrected chi connectivity index (χ2v) is 6.35. The first-order chi connectivity index (χ1) is 9.15. The fourth-order valence-electron chi connectivity index (χ4n) is 2.29. The SMILES string of the molecule is CCOC(=O)CC1(N)CCCN(C(=O)OC(C)(C)C)C1. The largest absolute Gasteiger partial charge is 0.466 e. The van der Waals surface area contributed by atoms with Gasteiger partial charge in [0.1, 0.15) is 5.60 Å². The van der Waals surface area contributed by atoms with E-state index < -0.39 is 11.1 Å². The van der Waals surface area contributed by atoms with Crippen molar-refractivity contribution in [2.75, 3.05) is 19.7 Å². The van der Waals surface area contributed by atoms with E-state index in [0.29, 0.717) is 26.1 Å². The van der Waals surface area contributed by atoms with Crippen molar-refractivity contribution in [3.05, 3.63) is 0 Å². The van der Waals surface area contributed by atoms with Crippen molar-refractivity contribution in [2.24, 2.45) is 5.73 Å². The minimum absolute atomic E-state index is 0.125. The second kappa shape index (κ2) is 6.43. The zero-order chi connectivity index (χ0) is 15.4. The number of likely N-dealkylation sites (tertiary alicyclic amines) is 1. The summed E-state index contributed by atoms with van der Waals surface area (Å²) in [7, 11) is 0. The van der Waals surface area contributed by atoms with Gasteiger partial charge in [-0.2, -0.15) is 0 Å². The van der Waals surface area contributed by atoms with Gasteiger partial charge in [-0.25, -0.2) is 4.79 Å². The number of ether oxygens (including phenoxy) is 2. The van der Waals surface area contributed by atoms with E-state index in [1.54, 1.807) is 11.8 Å². The van der Waals surface area contributed by atoms with Crippen molar-refractivity contribution < 1.29 is 19.1 Å². The van der Waals surface area contributed by atoms with Crippen LogP contribution in [0.1, 0.15) is 47.0 Å². The topological polar surface area (TPSA) is 81.9 Å². The van der Waals surface area contributed by atoms with E-state index in [4.69, 9.17) is 15.2 Å². The van der Waals surface area contributed by atoms with Crippen LogP contribution in [0.25, 0.3) is 0 Å². The number of carbonyl (C=O) groups is 2. The Kier molecular flexibility index (Phi) is 5.39. The Labute approximate surface area is 120 Å². The van der Waals surface area contributed by atoms with Crippen molar-refractivity contribution in [1.29, 1.82) is 0 Å². The van der Waals surface area contributed by atoms with Crippen molar-refractivity contribution in [1.82, 2.24) is 4.90 Å². The van der Waals surface area contributed by atoms with Crippen molar-refractivity contribution in [3.63, 3.8) is 0 Å². The maximum atomic E-state index is 12.0. The molecule has 1 fully saturated rings. The lowest BCUT2D eigenvalue weighted by atomic mass is 9.87. The lowest BCUT2D eigenvalue weighted by Crippen LogP contribution is -2.57. The monoisotopic (exact) mass is 286 g/mol. The van der Waals surface area contributed by atoms with Crippen molar-refractivity contribution in [2.45, 2.75) is 58.1 Å². The molecule has 0 aromatic rings. The predicted molar refractivity (Wildman–Crippen MR) is 75.2 cm³/mol. The molecule has 2 N–H and O–H groups in total. The minimum atomic E-state index is -0.721. The Morgan fingerprint density at radius 3 is 2.55 bits per heavy atom. The van der Waals surface area contributed by atoms with Gasteiger partial charge in [0.05, 0.1) is 13.0 Å². The second-order valence-electron chi connectivity index (χ2n) is 6.35. The molecule has 0 aromatic carbocycles. The third kappa shape index (κ3) is 5.36. The fraction of sp³-hybridized carbons (Fsp3) is 0.857. The molecule has 1 rings (SSSR count). The molecule has 1 amide bonds. The van der Waals surface area contributed by atoms with E-state index in [2.05, 4.69) is 0 Å². The van der Waals surface area contributed by atoms with Crippen LogP contribution in [0.15, 0.2) is 0 Å². The first kappa shape index (κ1) is 16.8. The molecular formula is C14H26N2O4. The average molecular weight is 286 g/mol. The third-order valence-electron chi connectivity index (χ3n) is 3.06. The normalized spacial score (nSPS) is 23.4. The highest BCUT2D eigenvalue weighted by atomic mass is 16.6. The summed E-state index contributed by atoms with van der Waals surface area (Å²) in [6.45, 7) is 8.49. The molecule has 6 heteroatoms. The number of nitrogens with two attached hydrogens (primary N) is 1. The first-order valence-corrected chi connectivity index (χ1v) is 7.08. The van der Waals surface area contributed by atoms with E-state index in [-0.39, 0.29) is 18.5 Å². The Bertz CT molecular complexity index is 365. The van der Waals surface area contributed by atoms with Gasteiger partial charge in [-0.1, -0.05) is 0 Å². The molecule has 1 atom stereocenters. The third-order valence-corrected chi connectivity index (χ3v) is 3.06. The number of nitrogens with zero attached hydrogens (tertiary/aromatic N) is 1. The molecule has 20 heavy (non-hydrogen) atoms. The van der Waals surface area contributed by atoms with Gasteiger partial charge in [-0.05, 0) is 40.5 Å². The molecule has 0 spiro atoms. The summed E-state index contributed by atoms with van der Waals surface area (Å²) in [5, 5.41) is 0. The summed E-state index contributed by atoms with van der Waals surface area (Å²) in [6.07, 6.45) is 1.20. The van der Waals surface area contributed by atoms with Gasteiger partial charge in [-0.3, -0.25) is 4.79 Å². The fourth-order valence-corrected chi connectivity index (χ4v) is 2.29. The van der Waals surface area contributed by atoms with Crippen LogP contribution in [-0.2, 0) is 14.3 Å². The highest BCUT2D eigenvalue weighted by molar-refractivity contribution is 5.72. The highest BCUT2D eigenvalue weighted by Gasteiger charge is 2.37. The number of carbonyl (C=O) groups excluding carboxylic acids is 2. The van der Waals surface area contributed by atoms with Crippen molar-refractivity contribution in [3.8, 4) is 0 Å². The van der Waals surface area contributed by atoms with Crippen LogP contribution in [0.4, 0.5) is 4.79 Å². The molecule has 0 aliphatic carbocycles. The molecule has 1 unspecified atom stereocenters. The molecule has 0 saturated carbocycles. The Morgan fingerprint density at radius 1 is 1.35 bits per heavy atom. The van der Waals surface area contributed by atoms with Gasteiger partial charge >= 0.3 is 12.1 Å². The number of esters is 1. The number of piperidine rings is 1. The van der Waals surface area contributed by atoms with Crippen LogP contribution in [0, 0.1) is 0 Å². The molecular weight excluding hydrogens is 260 g/mol. The van der Waals surface area contributed by atoms with Crippen LogP contribution in [0.3, 0.4) is 0 Å². The molecule has 0 aromatic heterocycles. The zero-order valence-corrected chi connectivity index (χ0v) is 12.9. The number of hydrogen-bond donors (Lipinski definition) is 1. The minimum Gasteiger partial charge on any atom is -0.466 e. The molecule has 1 saturated heterocycles. The van der Waals surface area contributed by atoms with E-state index in [9.17, 15) is 9.59 Å². The Balaban J connectivity index is 2.61. The number of hydrogen-bond acceptors (Lipinski definition) is 5. The number of amides is 1. The highest BCUT2D eigenvalue weighted by Crippen LogP contribution is 2.24. The molecule has 1 aliphatic heterocycles. The van der Waals surface area contributed by atoms with E-state index in [1.807, 2.05) is 20.8 Å². The summed E-state index contributed by atoms with van der Waals surface area (Å²) in [5.74, 6) is -0.318. The lowest BCUT2D eigenvalue weighted by molar-refractivity contribution is -0.145. The molecule has 1 heterocycles. The maximum absolute atomic E-state index is 12.0. The average Bonchev–Trinajstić information content (AvgIpc) is 2.26. The standard InChI is InChI=1S/C14H26N2O4/c1-5-19-11(17)9-14(15)7-6-8-16(10-14)12(18)20-13(2,3)4/h5-10,15H2,1-4H3.